The van der Waals surface area contributed by atoms with Crippen molar-refractivity contribution in [3.8, 4) is 0 Å². The van der Waals surface area contributed by atoms with E-state index in [0.717, 1.165) is 21.6 Å². The summed E-state index contributed by atoms with van der Waals surface area (Å²) in [6.07, 6.45) is 0.265. The highest BCUT2D eigenvalue weighted by molar-refractivity contribution is 7.92. The van der Waals surface area contributed by atoms with Gasteiger partial charge in [-0.3, -0.25) is 4.72 Å². The molecule has 0 aromatic heterocycles. The molecule has 0 fully saturated rings. The van der Waals surface area contributed by atoms with Gasteiger partial charge in [0.2, 0.25) is 10.0 Å². The van der Waals surface area contributed by atoms with Crippen LogP contribution >= 0.6 is 0 Å². The minimum absolute atomic E-state index is 0.0761. The Balaban J connectivity index is 1.77. The van der Waals surface area contributed by atoms with E-state index >= 15 is 0 Å². The predicted octanol–water partition coefficient (Wildman–Crippen LogP) is 4.44. The molecule has 1 atom stereocenters. The summed E-state index contributed by atoms with van der Waals surface area (Å²) in [4.78, 5) is -0.195. The van der Waals surface area contributed by atoms with E-state index in [4.69, 9.17) is 0 Å². The number of hydrogen-bond donors (Lipinski definition) is 1. The number of anilines is 1. The Labute approximate surface area is 199 Å². The van der Waals surface area contributed by atoms with Crippen LogP contribution in [0.5, 0.6) is 0 Å². The lowest BCUT2D eigenvalue weighted by Gasteiger charge is -2.23. The Kier molecular flexibility index (Phi) is 6.46. The highest BCUT2D eigenvalue weighted by Crippen LogP contribution is 2.37. The Morgan fingerprint density at radius 2 is 1.71 bits per heavy atom. The Hall–Kier alpha value is -3.24. The fraction of sp³-hybridized carbons (Fsp3) is 0.208. The summed E-state index contributed by atoms with van der Waals surface area (Å²) >= 11 is 0. The third-order valence-electron chi connectivity index (χ3n) is 5.52. The number of nitrogens with zero attached hydrogens (tertiary/aromatic N) is 2. The third kappa shape index (κ3) is 4.97. The van der Waals surface area contributed by atoms with Gasteiger partial charge in [-0.1, -0.05) is 48.0 Å². The number of rotatable bonds is 7. The molecule has 1 aliphatic rings. The van der Waals surface area contributed by atoms with Gasteiger partial charge in [0.1, 0.15) is 5.82 Å². The van der Waals surface area contributed by atoms with E-state index in [0.29, 0.717) is 17.0 Å². The first kappa shape index (κ1) is 23.9. The van der Waals surface area contributed by atoms with Gasteiger partial charge in [0.25, 0.3) is 10.0 Å². The molecule has 0 bridgehead atoms. The van der Waals surface area contributed by atoms with Crippen molar-refractivity contribution < 1.29 is 21.2 Å². The monoisotopic (exact) mass is 501 g/mol. The maximum absolute atomic E-state index is 13.8. The van der Waals surface area contributed by atoms with Crippen LogP contribution < -0.4 is 4.72 Å². The van der Waals surface area contributed by atoms with Crippen LogP contribution in [0, 0.1) is 12.7 Å². The van der Waals surface area contributed by atoms with E-state index in [1.165, 1.54) is 25.1 Å². The summed E-state index contributed by atoms with van der Waals surface area (Å²) < 4.78 is 68.2. The summed E-state index contributed by atoms with van der Waals surface area (Å²) in [5.41, 5.74) is 3.19. The van der Waals surface area contributed by atoms with E-state index in [1.54, 1.807) is 24.3 Å². The molecule has 1 heterocycles. The number of hydrazone groups is 1. The smallest absolute Gasteiger partial charge is 0.279 e. The summed E-state index contributed by atoms with van der Waals surface area (Å²) in [5, 5.41) is 4.44. The molecule has 0 spiro atoms. The molecule has 4 rings (SSSR count). The van der Waals surface area contributed by atoms with Crippen LogP contribution in [0.25, 0.3) is 0 Å². The van der Waals surface area contributed by atoms with Crippen molar-refractivity contribution in [2.24, 2.45) is 5.10 Å². The van der Waals surface area contributed by atoms with Crippen LogP contribution in [0.1, 0.15) is 36.1 Å². The molecule has 3 aromatic rings. The van der Waals surface area contributed by atoms with Crippen LogP contribution in [-0.2, 0) is 20.0 Å². The average molecular weight is 502 g/mol. The fourth-order valence-corrected chi connectivity index (χ4v) is 5.77. The predicted molar refractivity (Wildman–Crippen MR) is 130 cm³/mol. The molecule has 10 heteroatoms. The van der Waals surface area contributed by atoms with Crippen LogP contribution in [0.4, 0.5) is 10.1 Å². The Bertz CT molecular complexity index is 1450. The van der Waals surface area contributed by atoms with Gasteiger partial charge in [0.05, 0.1) is 22.4 Å². The molecular formula is C24H24FN3O4S2. The summed E-state index contributed by atoms with van der Waals surface area (Å²) in [6, 6.07) is 18.3. The molecule has 0 radical (unpaired) electrons. The van der Waals surface area contributed by atoms with Gasteiger partial charge in [0, 0.05) is 12.1 Å². The molecule has 34 heavy (non-hydrogen) atoms. The highest BCUT2D eigenvalue weighted by Gasteiger charge is 2.38. The zero-order chi connectivity index (χ0) is 24.5. The van der Waals surface area contributed by atoms with Gasteiger partial charge in [-0.15, -0.1) is 0 Å². The minimum Gasteiger partial charge on any atom is -0.284 e. The van der Waals surface area contributed by atoms with E-state index < -0.39 is 31.9 Å². The second kappa shape index (κ2) is 9.19. The highest BCUT2D eigenvalue weighted by atomic mass is 32.2. The lowest BCUT2D eigenvalue weighted by atomic mass is 9.98. The molecular weight excluding hydrogens is 477 g/mol. The van der Waals surface area contributed by atoms with E-state index in [2.05, 4.69) is 9.82 Å². The molecule has 1 aliphatic heterocycles. The normalized spacial score (nSPS) is 16.4. The number of halogens is 1. The van der Waals surface area contributed by atoms with Gasteiger partial charge in [-0.25, -0.2) is 12.8 Å². The zero-order valence-corrected chi connectivity index (χ0v) is 20.3. The van der Waals surface area contributed by atoms with Gasteiger partial charge >= 0.3 is 0 Å². The van der Waals surface area contributed by atoms with Crippen molar-refractivity contribution in [3.05, 3.63) is 95.3 Å². The first-order valence-corrected chi connectivity index (χ1v) is 13.7. The van der Waals surface area contributed by atoms with E-state index in [1.807, 2.05) is 31.2 Å². The van der Waals surface area contributed by atoms with E-state index in [9.17, 15) is 21.2 Å². The second-order valence-corrected chi connectivity index (χ2v) is 11.8. The van der Waals surface area contributed by atoms with Gasteiger partial charge in [-0.2, -0.15) is 17.9 Å². The van der Waals surface area contributed by atoms with Gasteiger partial charge < -0.3 is 0 Å². The molecule has 1 N–H and O–H groups in total. The van der Waals surface area contributed by atoms with Crippen LogP contribution in [0.15, 0.2) is 82.8 Å². The lowest BCUT2D eigenvalue weighted by Crippen LogP contribution is -2.27. The maximum Gasteiger partial charge on any atom is 0.279 e. The minimum atomic E-state index is -4.16. The number of nitrogens with one attached hydrogen (secondary N) is 1. The van der Waals surface area contributed by atoms with Crippen LogP contribution in [0.3, 0.4) is 0 Å². The largest absolute Gasteiger partial charge is 0.284 e. The van der Waals surface area contributed by atoms with Crippen molar-refractivity contribution in [1.29, 1.82) is 0 Å². The standard InChI is InChI=1S/C24H24FN3O4S2/c1-3-33(29,30)27-21-8-4-6-19(14-21)23-16-24(18-12-10-17(2)11-13-18)28(26-23)34(31,32)22-9-5-7-20(25)15-22/h4-15,24,27H,3,16H2,1-2H3. The van der Waals surface area contributed by atoms with E-state index in [-0.39, 0.29) is 17.1 Å². The quantitative estimate of drug-likeness (QED) is 0.518. The average Bonchev–Trinajstić information content (AvgIpc) is 3.26. The molecule has 0 saturated carbocycles. The number of sulfonamides is 2. The van der Waals surface area contributed by atoms with Crippen molar-refractivity contribution in [2.75, 3.05) is 10.5 Å². The molecule has 1 unspecified atom stereocenters. The molecule has 3 aromatic carbocycles. The molecule has 178 valence electrons. The second-order valence-electron chi connectivity index (χ2n) is 8.00. The van der Waals surface area contributed by atoms with Crippen molar-refractivity contribution in [1.82, 2.24) is 4.41 Å². The Morgan fingerprint density at radius 3 is 2.38 bits per heavy atom. The van der Waals surface area contributed by atoms with Gasteiger partial charge in [0.15, 0.2) is 0 Å². The maximum atomic E-state index is 13.8. The number of aryl methyl sites for hydroxylation is 1. The van der Waals surface area contributed by atoms with Crippen LogP contribution in [0.2, 0.25) is 0 Å². The van der Waals surface area contributed by atoms with Crippen molar-refractivity contribution >= 4 is 31.4 Å². The lowest BCUT2D eigenvalue weighted by molar-refractivity contribution is 0.371. The first-order valence-electron chi connectivity index (χ1n) is 10.6. The molecule has 0 amide bonds. The third-order valence-corrected chi connectivity index (χ3v) is 8.51. The van der Waals surface area contributed by atoms with Crippen molar-refractivity contribution in [3.63, 3.8) is 0 Å². The first-order chi connectivity index (χ1) is 16.1. The Morgan fingerprint density at radius 1 is 1.00 bits per heavy atom. The summed E-state index contributed by atoms with van der Waals surface area (Å²) in [6.45, 7) is 3.47. The number of benzene rings is 3. The SMILES string of the molecule is CCS(=O)(=O)Nc1cccc(C2=NN(S(=O)(=O)c3cccc(F)c3)C(c3ccc(C)cc3)C2)c1. The van der Waals surface area contributed by atoms with Crippen LogP contribution in [-0.4, -0.2) is 32.7 Å². The van der Waals surface area contributed by atoms with Crippen molar-refractivity contribution in [2.45, 2.75) is 31.2 Å². The topological polar surface area (TPSA) is 95.9 Å². The molecule has 0 aliphatic carbocycles. The van der Waals surface area contributed by atoms with Gasteiger partial charge in [-0.05, 0) is 55.3 Å². The summed E-state index contributed by atoms with van der Waals surface area (Å²) in [5.74, 6) is -0.736. The molecule has 0 saturated heterocycles. The fourth-order valence-electron chi connectivity index (χ4n) is 3.67. The molecule has 7 nitrogen and oxygen atoms in total. The summed E-state index contributed by atoms with van der Waals surface area (Å²) in [7, 11) is -7.63. The number of hydrogen-bond acceptors (Lipinski definition) is 5. The zero-order valence-electron chi connectivity index (χ0n) is 18.6.